The highest BCUT2D eigenvalue weighted by Crippen LogP contribution is 2.08. The summed E-state index contributed by atoms with van der Waals surface area (Å²) in [6.45, 7) is 8.09. The SMILES string of the molecule is Cc1cnc(-c2ncc(CNCC(C)C)cn2)nc1. The maximum Gasteiger partial charge on any atom is 0.197 e. The summed E-state index contributed by atoms with van der Waals surface area (Å²) in [5.74, 6) is 1.76. The van der Waals surface area contributed by atoms with E-state index in [0.717, 1.165) is 24.2 Å². The molecule has 0 aliphatic carbocycles. The Morgan fingerprint density at radius 2 is 1.47 bits per heavy atom. The number of nitrogens with zero attached hydrogens (tertiary/aromatic N) is 4. The third-order valence-electron chi connectivity index (χ3n) is 2.57. The highest BCUT2D eigenvalue weighted by molar-refractivity contribution is 5.41. The molecular formula is C14H19N5. The Balaban J connectivity index is 2.00. The fraction of sp³-hybridized carbons (Fsp3) is 0.429. The van der Waals surface area contributed by atoms with E-state index < -0.39 is 0 Å². The molecule has 0 aliphatic rings. The van der Waals surface area contributed by atoms with Crippen LogP contribution in [0.3, 0.4) is 0 Å². The Bertz CT molecular complexity index is 504. The summed E-state index contributed by atoms with van der Waals surface area (Å²) in [5.41, 5.74) is 2.09. The summed E-state index contributed by atoms with van der Waals surface area (Å²) >= 11 is 0. The summed E-state index contributed by atoms with van der Waals surface area (Å²) in [5, 5.41) is 3.36. The van der Waals surface area contributed by atoms with E-state index >= 15 is 0 Å². The zero-order valence-corrected chi connectivity index (χ0v) is 11.6. The molecule has 2 aromatic heterocycles. The van der Waals surface area contributed by atoms with Crippen LogP contribution in [-0.4, -0.2) is 26.5 Å². The second-order valence-electron chi connectivity index (χ2n) is 5.02. The molecular weight excluding hydrogens is 238 g/mol. The maximum atomic E-state index is 4.30. The summed E-state index contributed by atoms with van der Waals surface area (Å²) in [7, 11) is 0. The van der Waals surface area contributed by atoms with E-state index in [4.69, 9.17) is 0 Å². The molecule has 100 valence electrons. The minimum absolute atomic E-state index is 0.562. The Hall–Kier alpha value is -1.88. The summed E-state index contributed by atoms with van der Waals surface area (Å²) in [6.07, 6.45) is 7.17. The van der Waals surface area contributed by atoms with Gasteiger partial charge in [-0.15, -0.1) is 0 Å². The van der Waals surface area contributed by atoms with Gasteiger partial charge in [-0.05, 0) is 24.9 Å². The fourth-order valence-electron chi connectivity index (χ4n) is 1.57. The molecule has 0 amide bonds. The van der Waals surface area contributed by atoms with Crippen molar-refractivity contribution in [1.29, 1.82) is 0 Å². The Labute approximate surface area is 113 Å². The molecule has 0 fully saturated rings. The van der Waals surface area contributed by atoms with Gasteiger partial charge in [-0.1, -0.05) is 13.8 Å². The third-order valence-corrected chi connectivity index (χ3v) is 2.57. The first-order chi connectivity index (χ1) is 9.15. The summed E-state index contributed by atoms with van der Waals surface area (Å²) in [4.78, 5) is 17.0. The molecule has 5 nitrogen and oxygen atoms in total. The molecule has 19 heavy (non-hydrogen) atoms. The van der Waals surface area contributed by atoms with Crippen molar-refractivity contribution in [2.24, 2.45) is 5.92 Å². The minimum atomic E-state index is 0.562. The van der Waals surface area contributed by atoms with Crippen molar-refractivity contribution in [3.05, 3.63) is 35.9 Å². The third kappa shape index (κ3) is 4.06. The van der Waals surface area contributed by atoms with Gasteiger partial charge in [0.2, 0.25) is 0 Å². The van der Waals surface area contributed by atoms with Crippen LogP contribution >= 0.6 is 0 Å². The van der Waals surface area contributed by atoms with Crippen molar-refractivity contribution >= 4 is 0 Å². The van der Waals surface area contributed by atoms with Gasteiger partial charge in [0, 0.05) is 36.9 Å². The maximum absolute atomic E-state index is 4.30. The number of aromatic nitrogens is 4. The molecule has 0 radical (unpaired) electrons. The van der Waals surface area contributed by atoms with Gasteiger partial charge >= 0.3 is 0 Å². The van der Waals surface area contributed by atoms with E-state index in [-0.39, 0.29) is 0 Å². The molecule has 2 aromatic rings. The minimum Gasteiger partial charge on any atom is -0.312 e. The van der Waals surface area contributed by atoms with Crippen molar-refractivity contribution in [2.45, 2.75) is 27.3 Å². The van der Waals surface area contributed by atoms with Gasteiger partial charge in [-0.3, -0.25) is 0 Å². The molecule has 5 heteroatoms. The topological polar surface area (TPSA) is 63.6 Å². The Morgan fingerprint density at radius 1 is 0.947 bits per heavy atom. The molecule has 0 bridgehead atoms. The van der Waals surface area contributed by atoms with Crippen molar-refractivity contribution in [2.75, 3.05) is 6.54 Å². The van der Waals surface area contributed by atoms with Gasteiger partial charge in [-0.25, -0.2) is 19.9 Å². The van der Waals surface area contributed by atoms with Crippen LogP contribution in [0.1, 0.15) is 25.0 Å². The van der Waals surface area contributed by atoms with E-state index in [0.29, 0.717) is 17.6 Å². The predicted molar refractivity (Wildman–Crippen MR) is 74.3 cm³/mol. The van der Waals surface area contributed by atoms with Crippen LogP contribution in [0.25, 0.3) is 11.6 Å². The lowest BCUT2D eigenvalue weighted by atomic mass is 10.2. The van der Waals surface area contributed by atoms with Gasteiger partial charge in [0.25, 0.3) is 0 Å². The van der Waals surface area contributed by atoms with Crippen LogP contribution in [0.15, 0.2) is 24.8 Å². The average molecular weight is 257 g/mol. The van der Waals surface area contributed by atoms with E-state index in [1.54, 1.807) is 12.4 Å². The predicted octanol–water partition coefficient (Wildman–Crippen LogP) is 1.99. The second kappa shape index (κ2) is 6.33. The van der Waals surface area contributed by atoms with E-state index in [9.17, 15) is 0 Å². The fourth-order valence-corrected chi connectivity index (χ4v) is 1.57. The molecule has 0 spiro atoms. The molecule has 2 rings (SSSR count). The lowest BCUT2D eigenvalue weighted by Crippen LogP contribution is -2.19. The molecule has 0 saturated heterocycles. The molecule has 0 aromatic carbocycles. The van der Waals surface area contributed by atoms with Crippen LogP contribution in [0.5, 0.6) is 0 Å². The van der Waals surface area contributed by atoms with E-state index in [2.05, 4.69) is 39.1 Å². The van der Waals surface area contributed by atoms with Gasteiger partial charge in [-0.2, -0.15) is 0 Å². The number of hydrogen-bond acceptors (Lipinski definition) is 5. The van der Waals surface area contributed by atoms with Gasteiger partial charge in [0.1, 0.15) is 0 Å². The Kier molecular flexibility index (Phi) is 4.52. The first-order valence-electron chi connectivity index (χ1n) is 6.46. The van der Waals surface area contributed by atoms with Crippen LogP contribution in [-0.2, 0) is 6.54 Å². The molecule has 1 N–H and O–H groups in total. The summed E-state index contributed by atoms with van der Waals surface area (Å²) in [6, 6.07) is 0. The smallest absolute Gasteiger partial charge is 0.197 e. The second-order valence-corrected chi connectivity index (χ2v) is 5.02. The number of aryl methyl sites for hydroxylation is 1. The largest absolute Gasteiger partial charge is 0.312 e. The molecule has 0 saturated carbocycles. The summed E-state index contributed by atoms with van der Waals surface area (Å²) < 4.78 is 0. The number of nitrogens with one attached hydrogen (secondary N) is 1. The first-order valence-corrected chi connectivity index (χ1v) is 6.46. The Morgan fingerprint density at radius 3 is 2.00 bits per heavy atom. The van der Waals surface area contributed by atoms with Crippen molar-refractivity contribution in [1.82, 2.24) is 25.3 Å². The van der Waals surface area contributed by atoms with Gasteiger partial charge in [0.15, 0.2) is 11.6 Å². The quantitative estimate of drug-likeness (QED) is 0.887. The number of rotatable bonds is 5. The zero-order valence-electron chi connectivity index (χ0n) is 11.6. The molecule has 0 unspecified atom stereocenters. The van der Waals surface area contributed by atoms with Crippen LogP contribution < -0.4 is 5.32 Å². The van der Waals surface area contributed by atoms with Gasteiger partial charge < -0.3 is 5.32 Å². The van der Waals surface area contributed by atoms with Crippen LogP contribution in [0.2, 0.25) is 0 Å². The first kappa shape index (κ1) is 13.5. The monoisotopic (exact) mass is 257 g/mol. The van der Waals surface area contributed by atoms with Crippen molar-refractivity contribution in [3.63, 3.8) is 0 Å². The lowest BCUT2D eigenvalue weighted by molar-refractivity contribution is 0.551. The van der Waals surface area contributed by atoms with Crippen molar-refractivity contribution in [3.8, 4) is 11.6 Å². The highest BCUT2D eigenvalue weighted by atomic mass is 15.0. The van der Waals surface area contributed by atoms with Crippen LogP contribution in [0.4, 0.5) is 0 Å². The van der Waals surface area contributed by atoms with Gasteiger partial charge in [0.05, 0.1) is 0 Å². The highest BCUT2D eigenvalue weighted by Gasteiger charge is 2.04. The standard InChI is InChI=1S/C14H19N5/c1-10(2)4-15-7-12-8-18-14(19-9-12)13-16-5-11(3)6-17-13/h5-6,8-10,15H,4,7H2,1-3H3. The lowest BCUT2D eigenvalue weighted by Gasteiger charge is -2.07. The normalized spacial score (nSPS) is 10.9. The number of hydrogen-bond donors (Lipinski definition) is 1. The molecule has 2 heterocycles. The van der Waals surface area contributed by atoms with Crippen molar-refractivity contribution < 1.29 is 0 Å². The van der Waals surface area contributed by atoms with E-state index in [1.165, 1.54) is 0 Å². The van der Waals surface area contributed by atoms with E-state index in [1.807, 2.05) is 19.3 Å². The molecule has 0 aliphatic heterocycles. The zero-order chi connectivity index (χ0) is 13.7. The van der Waals surface area contributed by atoms with Crippen LogP contribution in [0, 0.1) is 12.8 Å². The average Bonchev–Trinajstić information content (AvgIpc) is 2.40. The molecule has 0 atom stereocenters.